The van der Waals surface area contributed by atoms with Gasteiger partial charge in [0.1, 0.15) is 5.75 Å². The molecular formula is C23H36N2O2. The zero-order chi connectivity index (χ0) is 19.2. The summed E-state index contributed by atoms with van der Waals surface area (Å²) in [5.74, 6) is 2.15. The van der Waals surface area contributed by atoms with Crippen LogP contribution < -0.4 is 4.74 Å². The molecule has 1 atom stereocenters. The average molecular weight is 373 g/mol. The van der Waals surface area contributed by atoms with Gasteiger partial charge in [-0.2, -0.15) is 0 Å². The Labute approximate surface area is 164 Å². The van der Waals surface area contributed by atoms with Crippen molar-refractivity contribution in [1.29, 1.82) is 0 Å². The number of hydrogen-bond donors (Lipinski definition) is 0. The van der Waals surface area contributed by atoms with Gasteiger partial charge in [0.25, 0.3) is 5.91 Å². The van der Waals surface area contributed by atoms with Crippen LogP contribution in [0.3, 0.4) is 0 Å². The normalized spacial score (nSPS) is 20.2. The molecule has 0 aliphatic carbocycles. The summed E-state index contributed by atoms with van der Waals surface area (Å²) in [5, 5.41) is 0. The first-order chi connectivity index (χ1) is 13.1. The minimum Gasteiger partial charge on any atom is -0.480 e. The van der Waals surface area contributed by atoms with Crippen LogP contribution in [-0.2, 0) is 4.79 Å². The van der Waals surface area contributed by atoms with Crippen LogP contribution in [-0.4, -0.2) is 54.5 Å². The van der Waals surface area contributed by atoms with Gasteiger partial charge in [0.05, 0.1) is 0 Å². The predicted octanol–water partition coefficient (Wildman–Crippen LogP) is 4.30. The van der Waals surface area contributed by atoms with Gasteiger partial charge >= 0.3 is 0 Å². The van der Waals surface area contributed by atoms with E-state index in [-0.39, 0.29) is 12.0 Å². The lowest BCUT2D eigenvalue weighted by Crippen LogP contribution is -2.46. The Morgan fingerprint density at radius 1 is 1.11 bits per heavy atom. The fourth-order valence-corrected chi connectivity index (χ4v) is 4.40. The highest BCUT2D eigenvalue weighted by Gasteiger charge is 2.30. The molecule has 1 amide bonds. The molecule has 0 radical (unpaired) electrons. The molecular weight excluding hydrogens is 336 g/mol. The molecule has 27 heavy (non-hydrogen) atoms. The van der Waals surface area contributed by atoms with E-state index in [9.17, 15) is 4.79 Å². The van der Waals surface area contributed by atoms with Crippen molar-refractivity contribution in [2.24, 2.45) is 5.92 Å². The van der Waals surface area contributed by atoms with E-state index in [1.807, 2.05) is 30.0 Å². The number of carbonyl (C=O) groups is 1. The van der Waals surface area contributed by atoms with Gasteiger partial charge in [-0.1, -0.05) is 39.0 Å². The van der Waals surface area contributed by atoms with Crippen molar-refractivity contribution in [3.8, 4) is 5.75 Å². The smallest absolute Gasteiger partial charge is 0.263 e. The average Bonchev–Trinajstić information content (AvgIpc) is 3.19. The molecule has 0 saturated carbocycles. The van der Waals surface area contributed by atoms with Crippen LogP contribution in [0.15, 0.2) is 24.3 Å². The van der Waals surface area contributed by atoms with Crippen molar-refractivity contribution in [3.05, 3.63) is 29.8 Å². The second-order valence-corrected chi connectivity index (χ2v) is 8.48. The summed E-state index contributed by atoms with van der Waals surface area (Å²) >= 11 is 0. The van der Waals surface area contributed by atoms with E-state index < -0.39 is 0 Å². The lowest BCUT2D eigenvalue weighted by atomic mass is 9.95. The van der Waals surface area contributed by atoms with E-state index in [0.29, 0.717) is 12.3 Å². The number of carbonyl (C=O) groups excluding carboxylic acids is 1. The summed E-state index contributed by atoms with van der Waals surface area (Å²) < 4.78 is 6.21. The fraction of sp³-hybridized carbons (Fsp3) is 0.696. The molecule has 1 unspecified atom stereocenters. The summed E-state index contributed by atoms with van der Waals surface area (Å²) in [6.45, 7) is 11.9. The highest BCUT2D eigenvalue weighted by molar-refractivity contribution is 5.81. The highest BCUT2D eigenvalue weighted by atomic mass is 16.5. The first-order valence-corrected chi connectivity index (χ1v) is 10.8. The van der Waals surface area contributed by atoms with Crippen molar-refractivity contribution in [1.82, 2.24) is 9.80 Å². The summed E-state index contributed by atoms with van der Waals surface area (Å²) in [6.07, 6.45) is 5.29. The van der Waals surface area contributed by atoms with Gasteiger partial charge in [-0.05, 0) is 68.7 Å². The first-order valence-electron chi connectivity index (χ1n) is 10.8. The third kappa shape index (κ3) is 5.25. The third-order valence-electron chi connectivity index (χ3n) is 6.10. The van der Waals surface area contributed by atoms with Crippen LogP contribution in [0.2, 0.25) is 0 Å². The van der Waals surface area contributed by atoms with E-state index in [0.717, 1.165) is 37.6 Å². The predicted molar refractivity (Wildman–Crippen MR) is 110 cm³/mol. The highest BCUT2D eigenvalue weighted by Crippen LogP contribution is 2.28. The number of nitrogens with zero attached hydrogens (tertiary/aromatic N) is 2. The van der Waals surface area contributed by atoms with Crippen LogP contribution in [0.25, 0.3) is 0 Å². The molecule has 2 fully saturated rings. The molecule has 4 heteroatoms. The second kappa shape index (κ2) is 9.59. The Bertz CT molecular complexity index is 602. The first kappa shape index (κ1) is 20.2. The largest absolute Gasteiger partial charge is 0.480 e. The van der Waals surface area contributed by atoms with Gasteiger partial charge in [0.15, 0.2) is 6.10 Å². The Morgan fingerprint density at radius 2 is 1.78 bits per heavy atom. The summed E-state index contributed by atoms with van der Waals surface area (Å²) in [4.78, 5) is 17.7. The lowest BCUT2D eigenvalue weighted by Gasteiger charge is -2.35. The van der Waals surface area contributed by atoms with E-state index in [4.69, 9.17) is 4.74 Å². The Balaban J connectivity index is 1.54. The molecule has 2 heterocycles. The van der Waals surface area contributed by atoms with Crippen molar-refractivity contribution >= 4 is 5.91 Å². The van der Waals surface area contributed by atoms with Gasteiger partial charge in [0, 0.05) is 19.6 Å². The van der Waals surface area contributed by atoms with E-state index >= 15 is 0 Å². The molecule has 1 aromatic rings. The maximum Gasteiger partial charge on any atom is 0.263 e. The van der Waals surface area contributed by atoms with Crippen LogP contribution in [0, 0.1) is 5.92 Å². The number of rotatable bonds is 7. The number of para-hydroxylation sites is 1. The van der Waals surface area contributed by atoms with Crippen molar-refractivity contribution in [2.45, 2.75) is 64.9 Å². The van der Waals surface area contributed by atoms with E-state index in [1.165, 1.54) is 38.0 Å². The summed E-state index contributed by atoms with van der Waals surface area (Å²) in [5.41, 5.74) is 1.17. The number of likely N-dealkylation sites (tertiary alicyclic amines) is 2. The second-order valence-electron chi connectivity index (χ2n) is 8.48. The molecule has 150 valence electrons. The molecule has 0 spiro atoms. The fourth-order valence-electron chi connectivity index (χ4n) is 4.40. The molecule has 2 saturated heterocycles. The molecule has 0 aromatic heterocycles. The number of amides is 1. The van der Waals surface area contributed by atoms with Crippen molar-refractivity contribution in [3.63, 3.8) is 0 Å². The number of ether oxygens (including phenoxy) is 1. The summed E-state index contributed by atoms with van der Waals surface area (Å²) in [6, 6.07) is 8.12. The zero-order valence-electron chi connectivity index (χ0n) is 17.3. The van der Waals surface area contributed by atoms with Crippen LogP contribution in [0.1, 0.15) is 64.4 Å². The minimum absolute atomic E-state index is 0.163. The van der Waals surface area contributed by atoms with Crippen LogP contribution in [0.4, 0.5) is 0 Å². The van der Waals surface area contributed by atoms with Gasteiger partial charge in [-0.25, -0.2) is 0 Å². The van der Waals surface area contributed by atoms with Gasteiger partial charge in [-0.15, -0.1) is 0 Å². The van der Waals surface area contributed by atoms with Gasteiger partial charge < -0.3 is 14.5 Å². The number of hydrogen-bond acceptors (Lipinski definition) is 3. The number of piperidine rings is 1. The van der Waals surface area contributed by atoms with Crippen LogP contribution in [0.5, 0.6) is 5.75 Å². The monoisotopic (exact) mass is 372 g/mol. The standard InChI is InChI=1S/C23H36N2O2/c1-4-21(27-22-10-6-5-9-20(22)18(2)3)23(26)25-15-11-19(12-16-25)17-24-13-7-8-14-24/h5-6,9-10,18-19,21H,4,7-8,11-17H2,1-3H3. The molecule has 2 aliphatic heterocycles. The van der Waals surface area contributed by atoms with Crippen molar-refractivity contribution < 1.29 is 9.53 Å². The lowest BCUT2D eigenvalue weighted by molar-refractivity contribution is -0.140. The third-order valence-corrected chi connectivity index (χ3v) is 6.10. The van der Waals surface area contributed by atoms with Gasteiger partial charge in [-0.3, -0.25) is 4.79 Å². The Kier molecular flexibility index (Phi) is 7.17. The topological polar surface area (TPSA) is 32.8 Å². The molecule has 2 aliphatic rings. The SMILES string of the molecule is CCC(Oc1ccccc1C(C)C)C(=O)N1CCC(CN2CCCC2)CC1. The molecule has 1 aromatic carbocycles. The maximum absolute atomic E-state index is 13.1. The number of benzene rings is 1. The Hall–Kier alpha value is -1.55. The van der Waals surface area contributed by atoms with Gasteiger partial charge in [0.2, 0.25) is 0 Å². The van der Waals surface area contributed by atoms with Crippen LogP contribution >= 0.6 is 0 Å². The maximum atomic E-state index is 13.1. The van der Waals surface area contributed by atoms with E-state index in [2.05, 4.69) is 24.8 Å². The minimum atomic E-state index is -0.375. The molecule has 4 nitrogen and oxygen atoms in total. The molecule has 3 rings (SSSR count). The molecule has 0 bridgehead atoms. The van der Waals surface area contributed by atoms with E-state index in [1.54, 1.807) is 0 Å². The zero-order valence-corrected chi connectivity index (χ0v) is 17.3. The quantitative estimate of drug-likeness (QED) is 0.715. The summed E-state index contributed by atoms with van der Waals surface area (Å²) in [7, 11) is 0. The molecule has 0 N–H and O–H groups in total. The van der Waals surface area contributed by atoms with Crippen molar-refractivity contribution in [2.75, 3.05) is 32.7 Å². The Morgan fingerprint density at radius 3 is 2.41 bits per heavy atom.